The van der Waals surface area contributed by atoms with Gasteiger partial charge in [-0.3, -0.25) is 0 Å². The van der Waals surface area contributed by atoms with Gasteiger partial charge in [0, 0.05) is 24.7 Å². The zero-order chi connectivity index (χ0) is 14.9. The molecular formula is C15H21Cl3N2. The molecule has 112 valence electrons. The molecule has 0 amide bonds. The lowest BCUT2D eigenvalue weighted by Crippen LogP contribution is -2.63. The Morgan fingerprint density at radius 3 is 2.35 bits per heavy atom. The Morgan fingerprint density at radius 1 is 1.15 bits per heavy atom. The van der Waals surface area contributed by atoms with Crippen molar-refractivity contribution >= 4 is 40.5 Å². The summed E-state index contributed by atoms with van der Waals surface area (Å²) in [5, 5.41) is 5.40. The van der Waals surface area contributed by atoms with E-state index in [0.717, 1.165) is 31.6 Å². The molecule has 0 spiro atoms. The fourth-order valence-corrected chi connectivity index (χ4v) is 3.44. The van der Waals surface area contributed by atoms with Crippen molar-refractivity contribution in [2.75, 3.05) is 18.0 Å². The van der Waals surface area contributed by atoms with Crippen molar-refractivity contribution < 1.29 is 0 Å². The van der Waals surface area contributed by atoms with E-state index in [1.54, 1.807) is 6.07 Å². The summed E-state index contributed by atoms with van der Waals surface area (Å²) in [5.41, 5.74) is 1.11. The predicted molar refractivity (Wildman–Crippen MR) is 89.6 cm³/mol. The van der Waals surface area contributed by atoms with E-state index in [1.807, 2.05) is 6.07 Å². The van der Waals surface area contributed by atoms with Crippen LogP contribution in [0.1, 0.15) is 33.6 Å². The highest BCUT2D eigenvalue weighted by molar-refractivity contribution is 6.44. The Labute approximate surface area is 136 Å². The van der Waals surface area contributed by atoms with Gasteiger partial charge >= 0.3 is 0 Å². The van der Waals surface area contributed by atoms with Crippen molar-refractivity contribution in [2.45, 2.75) is 45.2 Å². The molecule has 0 radical (unpaired) electrons. The Morgan fingerprint density at radius 2 is 1.75 bits per heavy atom. The molecule has 20 heavy (non-hydrogen) atoms. The third-order valence-corrected chi connectivity index (χ3v) is 5.46. The predicted octanol–water partition coefficient (Wildman–Crippen LogP) is 5.00. The third-order valence-electron chi connectivity index (χ3n) is 4.43. The molecule has 1 unspecified atom stereocenters. The standard InChI is InChI=1S/C15H21Cl3N2/c1-4-15(5-2)9-20(10(3)8-19-15)14-7-12(17)11(16)6-13(14)18/h6-7,10,19H,4-5,8-9H2,1-3H3. The van der Waals surface area contributed by atoms with Gasteiger partial charge in [-0.25, -0.2) is 0 Å². The summed E-state index contributed by atoms with van der Waals surface area (Å²) in [6, 6.07) is 3.98. The number of hydrogen-bond donors (Lipinski definition) is 1. The number of halogens is 3. The average molecular weight is 336 g/mol. The van der Waals surface area contributed by atoms with Gasteiger partial charge in [0.15, 0.2) is 0 Å². The molecule has 1 atom stereocenters. The highest BCUT2D eigenvalue weighted by Gasteiger charge is 2.35. The highest BCUT2D eigenvalue weighted by atomic mass is 35.5. The van der Waals surface area contributed by atoms with E-state index < -0.39 is 0 Å². The van der Waals surface area contributed by atoms with E-state index in [-0.39, 0.29) is 5.54 Å². The zero-order valence-electron chi connectivity index (χ0n) is 12.1. The summed E-state index contributed by atoms with van der Waals surface area (Å²) in [6.45, 7) is 8.51. The van der Waals surface area contributed by atoms with Crippen LogP contribution < -0.4 is 10.2 Å². The monoisotopic (exact) mass is 334 g/mol. The van der Waals surface area contributed by atoms with Crippen LogP contribution in [-0.4, -0.2) is 24.7 Å². The average Bonchev–Trinajstić information content (AvgIpc) is 2.44. The molecule has 1 aliphatic rings. The van der Waals surface area contributed by atoms with Gasteiger partial charge in [0.2, 0.25) is 0 Å². The maximum atomic E-state index is 6.37. The Kier molecular flexibility index (Phi) is 5.12. The lowest BCUT2D eigenvalue weighted by molar-refractivity contribution is 0.254. The number of nitrogens with one attached hydrogen (secondary N) is 1. The number of piperazine rings is 1. The molecular weight excluding hydrogens is 315 g/mol. The molecule has 1 saturated heterocycles. The quantitative estimate of drug-likeness (QED) is 0.782. The van der Waals surface area contributed by atoms with Crippen molar-refractivity contribution in [1.29, 1.82) is 0 Å². The van der Waals surface area contributed by atoms with Crippen molar-refractivity contribution in [1.82, 2.24) is 5.32 Å². The first kappa shape index (κ1) is 16.2. The normalized spacial score (nSPS) is 22.1. The Balaban J connectivity index is 2.37. The van der Waals surface area contributed by atoms with Gasteiger partial charge in [0.25, 0.3) is 0 Å². The van der Waals surface area contributed by atoms with Crippen LogP contribution in [0.15, 0.2) is 12.1 Å². The molecule has 0 aromatic heterocycles. The van der Waals surface area contributed by atoms with Crippen molar-refractivity contribution in [3.63, 3.8) is 0 Å². The van der Waals surface area contributed by atoms with Crippen LogP contribution in [-0.2, 0) is 0 Å². The van der Waals surface area contributed by atoms with Gasteiger partial charge in [-0.05, 0) is 31.9 Å². The van der Waals surface area contributed by atoms with E-state index >= 15 is 0 Å². The van der Waals surface area contributed by atoms with Crippen LogP contribution in [0.3, 0.4) is 0 Å². The largest absolute Gasteiger partial charge is 0.364 e. The Bertz CT molecular complexity index is 486. The van der Waals surface area contributed by atoms with Gasteiger partial charge in [-0.2, -0.15) is 0 Å². The molecule has 2 nitrogen and oxygen atoms in total. The van der Waals surface area contributed by atoms with Crippen molar-refractivity contribution in [3.8, 4) is 0 Å². The maximum Gasteiger partial charge on any atom is 0.0655 e. The molecule has 1 aliphatic heterocycles. The summed E-state index contributed by atoms with van der Waals surface area (Å²) < 4.78 is 0. The summed E-state index contributed by atoms with van der Waals surface area (Å²) in [4.78, 5) is 2.34. The van der Waals surface area contributed by atoms with Gasteiger partial charge < -0.3 is 10.2 Å². The van der Waals surface area contributed by atoms with Crippen LogP contribution >= 0.6 is 34.8 Å². The molecule has 0 aliphatic carbocycles. The van der Waals surface area contributed by atoms with Crippen molar-refractivity contribution in [2.24, 2.45) is 0 Å². The van der Waals surface area contributed by atoms with E-state index in [2.05, 4.69) is 31.0 Å². The van der Waals surface area contributed by atoms with E-state index in [1.165, 1.54) is 0 Å². The molecule has 2 rings (SSSR count). The van der Waals surface area contributed by atoms with Crippen LogP contribution in [0.2, 0.25) is 15.1 Å². The van der Waals surface area contributed by atoms with Crippen LogP contribution in [0.5, 0.6) is 0 Å². The van der Waals surface area contributed by atoms with Crippen LogP contribution in [0.25, 0.3) is 0 Å². The third kappa shape index (κ3) is 3.04. The van der Waals surface area contributed by atoms with Crippen LogP contribution in [0, 0.1) is 0 Å². The van der Waals surface area contributed by atoms with E-state index in [0.29, 0.717) is 21.1 Å². The lowest BCUT2D eigenvalue weighted by atomic mass is 9.88. The minimum absolute atomic E-state index is 0.141. The molecule has 1 heterocycles. The molecule has 1 fully saturated rings. The molecule has 0 bridgehead atoms. The topological polar surface area (TPSA) is 15.3 Å². The fourth-order valence-electron chi connectivity index (χ4n) is 2.79. The first-order valence-electron chi connectivity index (χ1n) is 7.08. The molecule has 0 saturated carbocycles. The molecule has 1 aromatic carbocycles. The first-order valence-corrected chi connectivity index (χ1v) is 8.22. The summed E-state index contributed by atoms with van der Waals surface area (Å²) in [5.74, 6) is 0. The van der Waals surface area contributed by atoms with Gasteiger partial charge in [0.05, 0.1) is 20.8 Å². The van der Waals surface area contributed by atoms with Gasteiger partial charge in [0.1, 0.15) is 0 Å². The van der Waals surface area contributed by atoms with Gasteiger partial charge in [-0.1, -0.05) is 48.7 Å². The van der Waals surface area contributed by atoms with Crippen molar-refractivity contribution in [3.05, 3.63) is 27.2 Å². The fraction of sp³-hybridized carbons (Fsp3) is 0.600. The smallest absolute Gasteiger partial charge is 0.0655 e. The van der Waals surface area contributed by atoms with E-state index in [9.17, 15) is 0 Å². The number of benzene rings is 1. The zero-order valence-corrected chi connectivity index (χ0v) is 14.4. The minimum atomic E-state index is 0.141. The number of hydrogen-bond acceptors (Lipinski definition) is 2. The second kappa shape index (κ2) is 6.31. The summed E-state index contributed by atoms with van der Waals surface area (Å²) in [6.07, 6.45) is 2.18. The highest BCUT2D eigenvalue weighted by Crippen LogP contribution is 2.37. The first-order chi connectivity index (χ1) is 9.42. The molecule has 1 N–H and O–H groups in total. The minimum Gasteiger partial charge on any atom is -0.364 e. The summed E-state index contributed by atoms with van der Waals surface area (Å²) in [7, 11) is 0. The number of rotatable bonds is 3. The second-order valence-electron chi connectivity index (χ2n) is 5.56. The van der Waals surface area contributed by atoms with Gasteiger partial charge in [-0.15, -0.1) is 0 Å². The number of nitrogens with zero attached hydrogens (tertiary/aromatic N) is 1. The number of anilines is 1. The molecule has 5 heteroatoms. The second-order valence-corrected chi connectivity index (χ2v) is 6.78. The molecule has 1 aromatic rings. The van der Waals surface area contributed by atoms with E-state index in [4.69, 9.17) is 34.8 Å². The van der Waals surface area contributed by atoms with Crippen LogP contribution in [0.4, 0.5) is 5.69 Å². The maximum absolute atomic E-state index is 6.37. The lowest BCUT2D eigenvalue weighted by Gasteiger charge is -2.48. The Hall–Kier alpha value is -0.150. The SMILES string of the molecule is CCC1(CC)CN(c2cc(Cl)c(Cl)cc2Cl)C(C)CN1. The summed E-state index contributed by atoms with van der Waals surface area (Å²) >= 11 is 18.6.